The van der Waals surface area contributed by atoms with Gasteiger partial charge in [-0.25, -0.2) is 4.39 Å². The van der Waals surface area contributed by atoms with Crippen molar-refractivity contribution in [3.05, 3.63) is 29.8 Å². The molecule has 1 saturated heterocycles. The van der Waals surface area contributed by atoms with E-state index < -0.39 is 0 Å². The molecule has 0 spiro atoms. The molecule has 0 radical (unpaired) electrons. The van der Waals surface area contributed by atoms with Crippen molar-refractivity contribution in [3.8, 4) is 0 Å². The Balaban J connectivity index is 1.48. The molecule has 0 bridgehead atoms. The SMILES string of the molecule is CC(NC1CCN(C2CCCCC2O)CC1)c1ccc(F)cn1. The van der Waals surface area contributed by atoms with Crippen LogP contribution in [-0.4, -0.2) is 46.3 Å². The lowest BCUT2D eigenvalue weighted by Gasteiger charge is -2.42. The summed E-state index contributed by atoms with van der Waals surface area (Å²) >= 11 is 0. The fourth-order valence-corrected chi connectivity index (χ4v) is 4.00. The van der Waals surface area contributed by atoms with Crippen LogP contribution >= 0.6 is 0 Å². The van der Waals surface area contributed by atoms with E-state index in [0.717, 1.165) is 50.9 Å². The quantitative estimate of drug-likeness (QED) is 0.895. The Hall–Kier alpha value is -1.04. The van der Waals surface area contributed by atoms with Gasteiger partial charge in [-0.05, 0) is 44.7 Å². The summed E-state index contributed by atoms with van der Waals surface area (Å²) in [7, 11) is 0. The number of piperidine rings is 1. The van der Waals surface area contributed by atoms with Crippen molar-refractivity contribution < 1.29 is 9.50 Å². The second-order valence-corrected chi connectivity index (χ2v) is 7.02. The van der Waals surface area contributed by atoms with Crippen LogP contribution in [0, 0.1) is 5.82 Å². The molecular weight excluding hydrogens is 293 g/mol. The second-order valence-electron chi connectivity index (χ2n) is 7.02. The fourth-order valence-electron chi connectivity index (χ4n) is 4.00. The molecule has 1 aliphatic heterocycles. The van der Waals surface area contributed by atoms with E-state index in [1.165, 1.54) is 18.7 Å². The molecule has 3 atom stereocenters. The number of halogens is 1. The van der Waals surface area contributed by atoms with Gasteiger partial charge in [0.1, 0.15) is 5.82 Å². The van der Waals surface area contributed by atoms with Crippen LogP contribution in [0.5, 0.6) is 0 Å². The number of aliphatic hydroxyl groups is 1. The molecule has 1 aromatic rings. The Labute approximate surface area is 138 Å². The average molecular weight is 321 g/mol. The number of nitrogens with one attached hydrogen (secondary N) is 1. The third-order valence-electron chi connectivity index (χ3n) is 5.37. The van der Waals surface area contributed by atoms with E-state index in [2.05, 4.69) is 22.1 Å². The van der Waals surface area contributed by atoms with Crippen LogP contribution in [0.4, 0.5) is 4.39 Å². The number of aromatic nitrogens is 1. The molecule has 2 aliphatic rings. The fraction of sp³-hybridized carbons (Fsp3) is 0.722. The average Bonchev–Trinajstić information content (AvgIpc) is 2.57. The van der Waals surface area contributed by atoms with Gasteiger partial charge < -0.3 is 10.4 Å². The minimum atomic E-state index is -0.291. The molecule has 4 nitrogen and oxygen atoms in total. The number of hydrogen-bond donors (Lipinski definition) is 2. The van der Waals surface area contributed by atoms with Crippen LogP contribution < -0.4 is 5.32 Å². The highest BCUT2D eigenvalue weighted by molar-refractivity contribution is 5.09. The molecule has 0 amide bonds. The van der Waals surface area contributed by atoms with Crippen LogP contribution in [0.1, 0.15) is 57.2 Å². The number of likely N-dealkylation sites (tertiary alicyclic amines) is 1. The first-order valence-electron chi connectivity index (χ1n) is 8.93. The molecule has 128 valence electrons. The molecule has 2 fully saturated rings. The molecule has 5 heteroatoms. The third-order valence-corrected chi connectivity index (χ3v) is 5.37. The lowest BCUT2D eigenvalue weighted by Crippen LogP contribution is -2.51. The van der Waals surface area contributed by atoms with E-state index in [1.807, 2.05) is 0 Å². The van der Waals surface area contributed by atoms with E-state index in [-0.39, 0.29) is 18.0 Å². The zero-order chi connectivity index (χ0) is 16.2. The smallest absolute Gasteiger partial charge is 0.141 e. The van der Waals surface area contributed by atoms with E-state index >= 15 is 0 Å². The first-order valence-corrected chi connectivity index (χ1v) is 8.93. The topological polar surface area (TPSA) is 48.4 Å². The minimum Gasteiger partial charge on any atom is -0.391 e. The Morgan fingerprint density at radius 3 is 2.61 bits per heavy atom. The lowest BCUT2D eigenvalue weighted by molar-refractivity contribution is 0.00668. The Morgan fingerprint density at radius 2 is 1.96 bits per heavy atom. The van der Waals surface area contributed by atoms with Crippen LogP contribution in [0.3, 0.4) is 0 Å². The van der Waals surface area contributed by atoms with Gasteiger partial charge in [-0.3, -0.25) is 9.88 Å². The number of pyridine rings is 1. The van der Waals surface area contributed by atoms with Gasteiger partial charge in [-0.15, -0.1) is 0 Å². The molecule has 23 heavy (non-hydrogen) atoms. The summed E-state index contributed by atoms with van der Waals surface area (Å²) in [5.74, 6) is -0.291. The predicted molar refractivity (Wildman–Crippen MR) is 88.6 cm³/mol. The zero-order valence-electron chi connectivity index (χ0n) is 13.9. The van der Waals surface area contributed by atoms with Gasteiger partial charge in [-0.2, -0.15) is 0 Å². The molecule has 2 heterocycles. The summed E-state index contributed by atoms with van der Waals surface area (Å²) in [4.78, 5) is 6.64. The predicted octanol–water partition coefficient (Wildman–Crippen LogP) is 2.64. The number of hydrogen-bond acceptors (Lipinski definition) is 4. The first kappa shape index (κ1) is 16.8. The maximum Gasteiger partial charge on any atom is 0.141 e. The van der Waals surface area contributed by atoms with E-state index in [0.29, 0.717) is 12.1 Å². The van der Waals surface area contributed by atoms with Gasteiger partial charge in [0.15, 0.2) is 0 Å². The summed E-state index contributed by atoms with van der Waals surface area (Å²) in [6.45, 7) is 4.17. The highest BCUT2D eigenvalue weighted by Crippen LogP contribution is 2.26. The van der Waals surface area contributed by atoms with Gasteiger partial charge in [0.25, 0.3) is 0 Å². The minimum absolute atomic E-state index is 0.132. The van der Waals surface area contributed by atoms with Crippen molar-refractivity contribution in [3.63, 3.8) is 0 Å². The molecule has 1 saturated carbocycles. The maximum atomic E-state index is 13.0. The molecule has 1 aliphatic carbocycles. The highest BCUT2D eigenvalue weighted by Gasteiger charge is 2.31. The molecule has 3 unspecified atom stereocenters. The van der Waals surface area contributed by atoms with Crippen molar-refractivity contribution >= 4 is 0 Å². The standard InChI is InChI=1S/C18H28FN3O/c1-13(16-7-6-14(19)12-20-16)21-15-8-10-22(11-9-15)17-4-2-3-5-18(17)23/h6-7,12-13,15,17-18,21,23H,2-5,8-11H2,1H3. The van der Waals surface area contributed by atoms with Crippen molar-refractivity contribution in [2.75, 3.05) is 13.1 Å². The van der Waals surface area contributed by atoms with E-state index in [9.17, 15) is 9.50 Å². The van der Waals surface area contributed by atoms with Gasteiger partial charge in [0, 0.05) is 31.2 Å². The molecule has 3 rings (SSSR count). The molecular formula is C18H28FN3O. The largest absolute Gasteiger partial charge is 0.391 e. The zero-order valence-corrected chi connectivity index (χ0v) is 13.9. The lowest BCUT2D eigenvalue weighted by atomic mass is 9.89. The first-order chi connectivity index (χ1) is 11.1. The highest BCUT2D eigenvalue weighted by atomic mass is 19.1. The number of nitrogens with zero attached hydrogens (tertiary/aromatic N) is 2. The Bertz CT molecular complexity index is 488. The number of rotatable bonds is 4. The van der Waals surface area contributed by atoms with Crippen LogP contribution in [0.15, 0.2) is 18.3 Å². The van der Waals surface area contributed by atoms with Gasteiger partial charge >= 0.3 is 0 Å². The summed E-state index contributed by atoms with van der Waals surface area (Å²) in [5, 5.41) is 13.8. The molecule has 1 aromatic heterocycles. The third kappa shape index (κ3) is 4.28. The summed E-state index contributed by atoms with van der Waals surface area (Å²) in [6, 6.07) is 4.18. The van der Waals surface area contributed by atoms with Crippen molar-refractivity contribution in [2.24, 2.45) is 0 Å². The summed E-state index contributed by atoms with van der Waals surface area (Å²) < 4.78 is 13.0. The summed E-state index contributed by atoms with van der Waals surface area (Å²) in [5.41, 5.74) is 0.886. The number of aliphatic hydroxyl groups excluding tert-OH is 1. The maximum absolute atomic E-state index is 13.0. The van der Waals surface area contributed by atoms with E-state index in [4.69, 9.17) is 0 Å². The normalized spacial score (nSPS) is 28.7. The van der Waals surface area contributed by atoms with Crippen molar-refractivity contribution in [2.45, 2.75) is 69.7 Å². The van der Waals surface area contributed by atoms with Crippen LogP contribution in [0.2, 0.25) is 0 Å². The van der Waals surface area contributed by atoms with Gasteiger partial charge in [0.2, 0.25) is 0 Å². The summed E-state index contributed by atoms with van der Waals surface area (Å²) in [6.07, 6.45) is 7.82. The monoisotopic (exact) mass is 321 g/mol. The van der Waals surface area contributed by atoms with Crippen molar-refractivity contribution in [1.82, 2.24) is 15.2 Å². The van der Waals surface area contributed by atoms with Crippen molar-refractivity contribution in [1.29, 1.82) is 0 Å². The van der Waals surface area contributed by atoms with Gasteiger partial charge in [0.05, 0.1) is 18.0 Å². The van der Waals surface area contributed by atoms with E-state index in [1.54, 1.807) is 6.07 Å². The molecule has 2 N–H and O–H groups in total. The van der Waals surface area contributed by atoms with Gasteiger partial charge in [-0.1, -0.05) is 12.8 Å². The van der Waals surface area contributed by atoms with Crippen LogP contribution in [0.25, 0.3) is 0 Å². The van der Waals surface area contributed by atoms with Crippen LogP contribution in [-0.2, 0) is 0 Å². The Kier molecular flexibility index (Phi) is 5.62. The molecule has 0 aromatic carbocycles. The Morgan fingerprint density at radius 1 is 1.22 bits per heavy atom. The second kappa shape index (κ2) is 7.69.